The molecule has 0 aromatic heterocycles. The minimum absolute atomic E-state index is 0.327. The number of carbonyl (C=O) groups is 1. The first-order chi connectivity index (χ1) is 6.16. The lowest BCUT2D eigenvalue weighted by Crippen LogP contribution is -2.19. The van der Waals surface area contributed by atoms with Gasteiger partial charge in [-0.05, 0) is 18.6 Å². The van der Waals surface area contributed by atoms with Crippen molar-refractivity contribution in [1.29, 1.82) is 0 Å². The highest BCUT2D eigenvalue weighted by Gasteiger charge is 2.13. The van der Waals surface area contributed by atoms with Crippen LogP contribution in [0, 0.1) is 12.3 Å². The molecule has 0 bridgehead atoms. The van der Waals surface area contributed by atoms with Crippen LogP contribution in [0.1, 0.15) is 24.0 Å². The topological polar surface area (TPSA) is 43.1 Å². The van der Waals surface area contributed by atoms with E-state index in [1.807, 2.05) is 18.2 Å². The normalized spacial score (nSPS) is 11.7. The van der Waals surface area contributed by atoms with Crippen molar-refractivity contribution in [3.63, 3.8) is 0 Å². The van der Waals surface area contributed by atoms with E-state index >= 15 is 0 Å². The lowest BCUT2D eigenvalue weighted by Gasteiger charge is -2.09. The van der Waals surface area contributed by atoms with Gasteiger partial charge in [-0.2, -0.15) is 0 Å². The van der Waals surface area contributed by atoms with Crippen LogP contribution in [0.15, 0.2) is 24.3 Å². The monoisotopic (exact) mass is 173 g/mol. The number of nitrogens with two attached hydrogens (primary N) is 1. The molecular weight excluding hydrogens is 162 g/mol. The summed E-state index contributed by atoms with van der Waals surface area (Å²) in [6.45, 7) is 1.75. The minimum atomic E-state index is -0.359. The molecule has 0 spiro atoms. The van der Waals surface area contributed by atoms with Gasteiger partial charge >= 0.3 is 0 Å². The molecule has 1 aromatic carbocycles. The van der Waals surface area contributed by atoms with E-state index in [0.29, 0.717) is 0 Å². The molecule has 0 saturated heterocycles. The first-order valence-electron chi connectivity index (χ1n) is 4.01. The van der Waals surface area contributed by atoms with Crippen molar-refractivity contribution in [2.75, 3.05) is 0 Å². The van der Waals surface area contributed by atoms with Crippen LogP contribution in [0.25, 0.3) is 0 Å². The standard InChI is InChI=1S/C11H11NO/c1-3-9-6-4-5-7-10(9)8(2)11(12)13/h1,4-8H,2H3,(H2,12,13)/t8-/m1/s1. The zero-order chi connectivity index (χ0) is 9.84. The fourth-order valence-corrected chi connectivity index (χ4v) is 1.16. The van der Waals surface area contributed by atoms with Crippen molar-refractivity contribution in [2.24, 2.45) is 5.73 Å². The third-order valence-corrected chi connectivity index (χ3v) is 2.01. The summed E-state index contributed by atoms with van der Waals surface area (Å²) in [5.74, 6) is 1.84. The number of rotatable bonds is 2. The maximum absolute atomic E-state index is 10.9. The van der Waals surface area contributed by atoms with Gasteiger partial charge in [-0.1, -0.05) is 24.1 Å². The van der Waals surface area contributed by atoms with Crippen molar-refractivity contribution >= 4 is 5.91 Å². The van der Waals surface area contributed by atoms with E-state index in [-0.39, 0.29) is 11.8 Å². The molecule has 0 aliphatic heterocycles. The molecule has 0 heterocycles. The summed E-state index contributed by atoms with van der Waals surface area (Å²) in [5, 5.41) is 0. The Balaban J connectivity index is 3.15. The summed E-state index contributed by atoms with van der Waals surface area (Å²) in [5.41, 5.74) is 6.73. The Labute approximate surface area is 77.8 Å². The second-order valence-corrected chi connectivity index (χ2v) is 2.86. The summed E-state index contributed by atoms with van der Waals surface area (Å²) in [4.78, 5) is 10.9. The van der Waals surface area contributed by atoms with E-state index in [2.05, 4.69) is 5.92 Å². The fourth-order valence-electron chi connectivity index (χ4n) is 1.16. The number of carbonyl (C=O) groups excluding carboxylic acids is 1. The zero-order valence-electron chi connectivity index (χ0n) is 7.45. The third kappa shape index (κ3) is 1.88. The van der Waals surface area contributed by atoms with E-state index in [4.69, 9.17) is 12.2 Å². The Morgan fingerprint density at radius 3 is 2.69 bits per heavy atom. The van der Waals surface area contributed by atoms with Crippen LogP contribution < -0.4 is 5.73 Å². The summed E-state index contributed by atoms with van der Waals surface area (Å²) >= 11 is 0. The Kier molecular flexibility index (Phi) is 2.71. The van der Waals surface area contributed by atoms with Gasteiger partial charge in [-0.3, -0.25) is 4.79 Å². The van der Waals surface area contributed by atoms with E-state index in [0.717, 1.165) is 11.1 Å². The first kappa shape index (κ1) is 9.34. The molecule has 13 heavy (non-hydrogen) atoms. The molecule has 2 nitrogen and oxygen atoms in total. The molecule has 2 N–H and O–H groups in total. The van der Waals surface area contributed by atoms with Crippen LogP contribution >= 0.6 is 0 Å². The predicted molar refractivity (Wildman–Crippen MR) is 52.0 cm³/mol. The summed E-state index contributed by atoms with van der Waals surface area (Å²) < 4.78 is 0. The molecule has 0 unspecified atom stereocenters. The number of benzene rings is 1. The van der Waals surface area contributed by atoms with Crippen LogP contribution in [0.4, 0.5) is 0 Å². The summed E-state index contributed by atoms with van der Waals surface area (Å²) in [6.07, 6.45) is 5.29. The van der Waals surface area contributed by atoms with Gasteiger partial charge in [0, 0.05) is 5.56 Å². The number of amides is 1. The first-order valence-corrected chi connectivity index (χ1v) is 4.01. The lowest BCUT2D eigenvalue weighted by atomic mass is 9.96. The lowest BCUT2D eigenvalue weighted by molar-refractivity contribution is -0.119. The van der Waals surface area contributed by atoms with Crippen LogP contribution in [0.2, 0.25) is 0 Å². The van der Waals surface area contributed by atoms with Crippen molar-refractivity contribution in [3.8, 4) is 12.3 Å². The van der Waals surface area contributed by atoms with Gasteiger partial charge in [0.1, 0.15) is 0 Å². The Morgan fingerprint density at radius 2 is 2.15 bits per heavy atom. The van der Waals surface area contributed by atoms with Crippen LogP contribution in [-0.2, 0) is 4.79 Å². The van der Waals surface area contributed by atoms with Crippen molar-refractivity contribution < 1.29 is 4.79 Å². The van der Waals surface area contributed by atoms with Gasteiger partial charge in [0.2, 0.25) is 5.91 Å². The smallest absolute Gasteiger partial charge is 0.224 e. The van der Waals surface area contributed by atoms with Gasteiger partial charge in [-0.15, -0.1) is 6.42 Å². The molecule has 2 heteroatoms. The predicted octanol–water partition coefficient (Wildman–Crippen LogP) is 1.26. The van der Waals surface area contributed by atoms with E-state index in [9.17, 15) is 4.79 Å². The number of terminal acetylenes is 1. The molecule has 1 rings (SSSR count). The maximum atomic E-state index is 10.9. The Morgan fingerprint density at radius 1 is 1.54 bits per heavy atom. The second kappa shape index (κ2) is 3.77. The molecule has 1 atom stereocenters. The average Bonchev–Trinajstić information content (AvgIpc) is 2.16. The molecular formula is C11H11NO. The van der Waals surface area contributed by atoms with Crippen LogP contribution in [-0.4, -0.2) is 5.91 Å². The van der Waals surface area contributed by atoms with Crippen LogP contribution in [0.3, 0.4) is 0 Å². The molecule has 1 aromatic rings. The largest absolute Gasteiger partial charge is 0.369 e. The highest BCUT2D eigenvalue weighted by atomic mass is 16.1. The molecule has 0 saturated carbocycles. The zero-order valence-corrected chi connectivity index (χ0v) is 7.45. The molecule has 0 radical (unpaired) electrons. The third-order valence-electron chi connectivity index (χ3n) is 2.01. The molecule has 1 amide bonds. The van der Waals surface area contributed by atoms with Crippen molar-refractivity contribution in [3.05, 3.63) is 35.4 Å². The number of hydrogen-bond acceptors (Lipinski definition) is 1. The van der Waals surface area contributed by atoms with Crippen LogP contribution in [0.5, 0.6) is 0 Å². The molecule has 0 aliphatic rings. The maximum Gasteiger partial charge on any atom is 0.224 e. The van der Waals surface area contributed by atoms with Gasteiger partial charge in [0.05, 0.1) is 5.92 Å². The minimum Gasteiger partial charge on any atom is -0.369 e. The average molecular weight is 173 g/mol. The van der Waals surface area contributed by atoms with E-state index < -0.39 is 0 Å². The van der Waals surface area contributed by atoms with Gasteiger partial charge in [0.25, 0.3) is 0 Å². The highest BCUT2D eigenvalue weighted by molar-refractivity contribution is 5.82. The van der Waals surface area contributed by atoms with E-state index in [1.54, 1.807) is 13.0 Å². The van der Waals surface area contributed by atoms with Gasteiger partial charge in [-0.25, -0.2) is 0 Å². The second-order valence-electron chi connectivity index (χ2n) is 2.86. The Hall–Kier alpha value is -1.75. The summed E-state index contributed by atoms with van der Waals surface area (Å²) in [7, 11) is 0. The molecule has 66 valence electrons. The van der Waals surface area contributed by atoms with Gasteiger partial charge in [0.15, 0.2) is 0 Å². The van der Waals surface area contributed by atoms with Crippen molar-refractivity contribution in [2.45, 2.75) is 12.8 Å². The number of primary amides is 1. The van der Waals surface area contributed by atoms with E-state index in [1.165, 1.54) is 0 Å². The van der Waals surface area contributed by atoms with Crippen molar-refractivity contribution in [1.82, 2.24) is 0 Å². The molecule has 0 fully saturated rings. The highest BCUT2D eigenvalue weighted by Crippen LogP contribution is 2.18. The SMILES string of the molecule is C#Cc1ccccc1[C@@H](C)C(N)=O. The Bertz CT molecular complexity index is 363. The summed E-state index contributed by atoms with van der Waals surface area (Å²) in [6, 6.07) is 7.31. The number of hydrogen-bond donors (Lipinski definition) is 1. The van der Waals surface area contributed by atoms with Gasteiger partial charge < -0.3 is 5.73 Å². The fraction of sp³-hybridized carbons (Fsp3) is 0.182. The quantitative estimate of drug-likeness (QED) is 0.672. The molecule has 0 aliphatic carbocycles.